The highest BCUT2D eigenvalue weighted by molar-refractivity contribution is 5.94. The lowest BCUT2D eigenvalue weighted by atomic mass is 9.94. The first-order chi connectivity index (χ1) is 14.2. The van der Waals surface area contributed by atoms with Crippen LogP contribution in [-0.2, 0) is 6.54 Å². The van der Waals surface area contributed by atoms with Crippen molar-refractivity contribution in [3.63, 3.8) is 0 Å². The Morgan fingerprint density at radius 1 is 1.17 bits per heavy atom. The highest BCUT2D eigenvalue weighted by Crippen LogP contribution is 2.24. The summed E-state index contributed by atoms with van der Waals surface area (Å²) < 4.78 is 2.00. The summed E-state index contributed by atoms with van der Waals surface area (Å²) in [6, 6.07) is 6.55. The van der Waals surface area contributed by atoms with Crippen LogP contribution in [-0.4, -0.2) is 87.5 Å². The molecule has 0 radical (unpaired) electrons. The van der Waals surface area contributed by atoms with E-state index in [0.717, 1.165) is 37.5 Å². The molecular formula is C22H33N5O2. The molecule has 1 N–H and O–H groups in total. The molecule has 0 bridgehead atoms. The standard InChI is InChI=1S/C22H33N5O2/c1-24(15-16-28)17-19-21(23-20-9-5-6-10-27(19)20)22(29)26-13-11-25(12-14-26)18-7-3-2-4-8-18/h5-6,9-10,18,28H,2-4,7-8,11-17H2,1H3. The van der Waals surface area contributed by atoms with Gasteiger partial charge in [0.15, 0.2) is 5.69 Å². The van der Waals surface area contributed by atoms with Crippen LogP contribution >= 0.6 is 0 Å². The van der Waals surface area contributed by atoms with Gasteiger partial charge >= 0.3 is 0 Å². The van der Waals surface area contributed by atoms with Gasteiger partial charge in [-0.25, -0.2) is 4.98 Å². The number of imidazole rings is 1. The molecule has 7 nitrogen and oxygen atoms in total. The summed E-state index contributed by atoms with van der Waals surface area (Å²) in [5, 5.41) is 9.25. The minimum atomic E-state index is 0.0318. The van der Waals surface area contributed by atoms with Crippen molar-refractivity contribution >= 4 is 11.6 Å². The molecule has 29 heavy (non-hydrogen) atoms. The lowest BCUT2D eigenvalue weighted by molar-refractivity contribution is 0.0517. The number of aliphatic hydroxyl groups excluding tert-OH is 1. The Labute approximate surface area is 172 Å². The summed E-state index contributed by atoms with van der Waals surface area (Å²) in [5.41, 5.74) is 2.24. The van der Waals surface area contributed by atoms with E-state index in [4.69, 9.17) is 0 Å². The van der Waals surface area contributed by atoms with E-state index in [2.05, 4.69) is 9.88 Å². The number of nitrogens with zero attached hydrogens (tertiary/aromatic N) is 5. The third-order valence-electron chi connectivity index (χ3n) is 6.43. The quantitative estimate of drug-likeness (QED) is 0.803. The lowest BCUT2D eigenvalue weighted by Crippen LogP contribution is -2.52. The van der Waals surface area contributed by atoms with Gasteiger partial charge in [-0.15, -0.1) is 0 Å². The van der Waals surface area contributed by atoms with Crippen molar-refractivity contribution in [2.75, 3.05) is 46.4 Å². The predicted octanol–water partition coefficient (Wildman–Crippen LogP) is 1.85. The van der Waals surface area contributed by atoms with Crippen LogP contribution in [0.1, 0.15) is 48.3 Å². The molecule has 0 spiro atoms. The van der Waals surface area contributed by atoms with Crippen molar-refractivity contribution < 1.29 is 9.90 Å². The van der Waals surface area contributed by atoms with Gasteiger partial charge < -0.3 is 14.4 Å². The number of rotatable bonds is 6. The summed E-state index contributed by atoms with van der Waals surface area (Å²) in [5.74, 6) is 0.0318. The first kappa shape index (κ1) is 20.3. The molecule has 2 aromatic heterocycles. The molecule has 1 saturated heterocycles. The summed E-state index contributed by atoms with van der Waals surface area (Å²) in [6.45, 7) is 4.71. The molecule has 1 saturated carbocycles. The number of aliphatic hydroxyl groups is 1. The van der Waals surface area contributed by atoms with Gasteiger partial charge in [-0.2, -0.15) is 0 Å². The molecular weight excluding hydrogens is 366 g/mol. The molecule has 4 rings (SSSR count). The van der Waals surface area contributed by atoms with Crippen LogP contribution in [0.15, 0.2) is 24.4 Å². The highest BCUT2D eigenvalue weighted by Gasteiger charge is 2.30. The fourth-order valence-electron chi connectivity index (χ4n) is 4.76. The van der Waals surface area contributed by atoms with Gasteiger partial charge in [0.1, 0.15) is 5.65 Å². The average Bonchev–Trinajstić information content (AvgIpc) is 3.12. The molecule has 0 unspecified atom stereocenters. The zero-order valence-electron chi connectivity index (χ0n) is 17.5. The maximum atomic E-state index is 13.4. The fraction of sp³-hybridized carbons (Fsp3) is 0.636. The van der Waals surface area contributed by atoms with Crippen LogP contribution in [0.4, 0.5) is 0 Å². The number of fused-ring (bicyclic) bond motifs is 1. The molecule has 0 atom stereocenters. The summed E-state index contributed by atoms with van der Waals surface area (Å²) >= 11 is 0. The number of hydrogen-bond acceptors (Lipinski definition) is 5. The van der Waals surface area contributed by atoms with E-state index in [1.54, 1.807) is 0 Å². The van der Waals surface area contributed by atoms with Crippen LogP contribution in [0, 0.1) is 0 Å². The second-order valence-corrected chi connectivity index (χ2v) is 8.42. The van der Waals surface area contributed by atoms with E-state index < -0.39 is 0 Å². The molecule has 1 aliphatic carbocycles. The van der Waals surface area contributed by atoms with Crippen molar-refractivity contribution in [1.82, 2.24) is 24.1 Å². The van der Waals surface area contributed by atoms with E-state index in [0.29, 0.717) is 24.8 Å². The number of piperazine rings is 1. The molecule has 1 aliphatic heterocycles. The summed E-state index contributed by atoms with van der Waals surface area (Å²) in [7, 11) is 1.95. The van der Waals surface area contributed by atoms with Gasteiger partial charge in [0.05, 0.1) is 12.3 Å². The second kappa shape index (κ2) is 9.24. The molecule has 0 aromatic carbocycles. The highest BCUT2D eigenvalue weighted by atomic mass is 16.3. The van der Waals surface area contributed by atoms with Gasteiger partial charge in [-0.1, -0.05) is 25.3 Å². The largest absolute Gasteiger partial charge is 0.395 e. The number of amides is 1. The van der Waals surface area contributed by atoms with Crippen molar-refractivity contribution in [1.29, 1.82) is 0 Å². The van der Waals surface area contributed by atoms with Crippen LogP contribution in [0.3, 0.4) is 0 Å². The third-order valence-corrected chi connectivity index (χ3v) is 6.43. The minimum Gasteiger partial charge on any atom is -0.395 e. The number of aromatic nitrogens is 2. The van der Waals surface area contributed by atoms with E-state index >= 15 is 0 Å². The SMILES string of the molecule is CN(CCO)Cc1c(C(=O)N2CCN(C3CCCCC3)CC2)nc2ccccn12. The Morgan fingerprint density at radius 2 is 1.93 bits per heavy atom. The topological polar surface area (TPSA) is 64.3 Å². The zero-order valence-corrected chi connectivity index (χ0v) is 17.5. The third kappa shape index (κ3) is 4.47. The monoisotopic (exact) mass is 399 g/mol. The number of carbonyl (C=O) groups is 1. The maximum absolute atomic E-state index is 13.4. The number of hydrogen-bond donors (Lipinski definition) is 1. The van der Waals surface area contributed by atoms with Crippen molar-refractivity contribution in [2.24, 2.45) is 0 Å². The van der Waals surface area contributed by atoms with Crippen molar-refractivity contribution in [2.45, 2.75) is 44.7 Å². The Hall–Kier alpha value is -1.96. The number of carbonyl (C=O) groups excluding carboxylic acids is 1. The Morgan fingerprint density at radius 3 is 2.66 bits per heavy atom. The molecule has 2 aromatic rings. The first-order valence-corrected chi connectivity index (χ1v) is 11.0. The summed E-state index contributed by atoms with van der Waals surface area (Å²) in [4.78, 5) is 24.6. The zero-order chi connectivity index (χ0) is 20.2. The average molecular weight is 400 g/mol. The first-order valence-electron chi connectivity index (χ1n) is 11.0. The number of likely N-dealkylation sites (N-methyl/N-ethyl adjacent to an activating group) is 1. The maximum Gasteiger partial charge on any atom is 0.274 e. The molecule has 3 heterocycles. The van der Waals surface area contributed by atoms with E-state index in [1.807, 2.05) is 45.6 Å². The Bertz CT molecular complexity index is 822. The Balaban J connectivity index is 1.49. The van der Waals surface area contributed by atoms with Gasteiger partial charge in [0, 0.05) is 51.5 Å². The smallest absolute Gasteiger partial charge is 0.274 e. The lowest BCUT2D eigenvalue weighted by Gasteiger charge is -2.40. The van der Waals surface area contributed by atoms with Crippen molar-refractivity contribution in [3.8, 4) is 0 Å². The van der Waals surface area contributed by atoms with Gasteiger partial charge in [0.2, 0.25) is 0 Å². The summed E-state index contributed by atoms with van der Waals surface area (Å²) in [6.07, 6.45) is 8.63. The molecule has 158 valence electrons. The normalized spacial score (nSPS) is 19.3. The van der Waals surface area contributed by atoms with Crippen molar-refractivity contribution in [3.05, 3.63) is 35.8 Å². The van der Waals surface area contributed by atoms with Gasteiger partial charge in [0.25, 0.3) is 5.91 Å². The van der Waals surface area contributed by atoms with E-state index in [9.17, 15) is 9.90 Å². The predicted molar refractivity (Wildman–Crippen MR) is 113 cm³/mol. The minimum absolute atomic E-state index is 0.0318. The number of pyridine rings is 1. The molecule has 2 fully saturated rings. The second-order valence-electron chi connectivity index (χ2n) is 8.42. The molecule has 7 heteroatoms. The van der Waals surface area contributed by atoms with Gasteiger partial charge in [-0.3, -0.25) is 14.6 Å². The van der Waals surface area contributed by atoms with Crippen LogP contribution in [0.2, 0.25) is 0 Å². The molecule has 2 aliphatic rings. The van der Waals surface area contributed by atoms with Crippen LogP contribution < -0.4 is 0 Å². The Kier molecular flexibility index (Phi) is 6.47. The van der Waals surface area contributed by atoms with E-state index in [-0.39, 0.29) is 12.5 Å². The van der Waals surface area contributed by atoms with E-state index in [1.165, 1.54) is 32.1 Å². The van der Waals surface area contributed by atoms with Crippen LogP contribution in [0.25, 0.3) is 5.65 Å². The van der Waals surface area contributed by atoms with Gasteiger partial charge in [-0.05, 0) is 32.0 Å². The van der Waals surface area contributed by atoms with Crippen LogP contribution in [0.5, 0.6) is 0 Å². The fourth-order valence-corrected chi connectivity index (χ4v) is 4.76. The molecule has 1 amide bonds.